The van der Waals surface area contributed by atoms with Gasteiger partial charge in [-0.15, -0.1) is 0 Å². The van der Waals surface area contributed by atoms with Gasteiger partial charge in [-0.2, -0.15) is 0 Å². The van der Waals surface area contributed by atoms with Crippen LogP contribution in [0.15, 0.2) is 96.0 Å². The third-order valence-electron chi connectivity index (χ3n) is 3.87. The summed E-state index contributed by atoms with van der Waals surface area (Å²) in [5.41, 5.74) is 2.57. The molecular weight excluding hydrogens is 357 g/mol. The number of rotatable bonds is 6. The summed E-state index contributed by atoms with van der Waals surface area (Å²) in [6, 6.07) is 31.9. The SMILES string of the molecule is CC(C=NCc1ccccc1)([Se]c1ccccc1)c1ccccc1. The normalized spacial score (nSPS) is 13.7. The van der Waals surface area contributed by atoms with Gasteiger partial charge >= 0.3 is 151 Å². The zero-order valence-electron chi connectivity index (χ0n) is 13.8. The van der Waals surface area contributed by atoms with Crippen LogP contribution < -0.4 is 4.46 Å². The second-order valence-corrected chi connectivity index (χ2v) is 9.04. The van der Waals surface area contributed by atoms with E-state index in [1.807, 2.05) is 6.07 Å². The van der Waals surface area contributed by atoms with E-state index in [0.29, 0.717) is 0 Å². The molecule has 0 heterocycles. The van der Waals surface area contributed by atoms with E-state index in [1.165, 1.54) is 15.6 Å². The number of hydrogen-bond donors (Lipinski definition) is 0. The third-order valence-corrected chi connectivity index (χ3v) is 6.55. The molecule has 1 atom stereocenters. The van der Waals surface area contributed by atoms with Crippen LogP contribution in [0, 0.1) is 0 Å². The van der Waals surface area contributed by atoms with Crippen molar-refractivity contribution in [2.45, 2.75) is 17.8 Å². The van der Waals surface area contributed by atoms with E-state index in [1.54, 1.807) is 0 Å². The number of benzene rings is 3. The van der Waals surface area contributed by atoms with Crippen molar-refractivity contribution in [2.24, 2.45) is 4.99 Å². The number of aliphatic imine (C=N–C) groups is 1. The molecule has 1 unspecified atom stereocenters. The molecule has 0 spiro atoms. The fourth-order valence-corrected chi connectivity index (χ4v) is 5.01. The Labute approximate surface area is 150 Å². The van der Waals surface area contributed by atoms with Crippen LogP contribution in [-0.4, -0.2) is 21.2 Å². The molecule has 1 nitrogen and oxygen atoms in total. The molecule has 0 aliphatic rings. The molecule has 120 valence electrons. The Kier molecular flexibility index (Phi) is 5.63. The van der Waals surface area contributed by atoms with Gasteiger partial charge in [-0.1, -0.05) is 0 Å². The van der Waals surface area contributed by atoms with Gasteiger partial charge in [0, 0.05) is 0 Å². The first-order valence-electron chi connectivity index (χ1n) is 8.11. The van der Waals surface area contributed by atoms with Crippen LogP contribution in [0.2, 0.25) is 0 Å². The van der Waals surface area contributed by atoms with Gasteiger partial charge in [-0.05, 0) is 0 Å². The van der Waals surface area contributed by atoms with Crippen molar-refractivity contribution in [3.05, 3.63) is 102 Å². The van der Waals surface area contributed by atoms with Crippen LogP contribution >= 0.6 is 0 Å². The van der Waals surface area contributed by atoms with Gasteiger partial charge in [-0.25, -0.2) is 0 Å². The molecule has 24 heavy (non-hydrogen) atoms. The van der Waals surface area contributed by atoms with Crippen molar-refractivity contribution >= 4 is 25.6 Å². The Balaban J connectivity index is 1.84. The van der Waals surface area contributed by atoms with Gasteiger partial charge in [0.15, 0.2) is 0 Å². The third kappa shape index (κ3) is 4.44. The fraction of sp³-hybridized carbons (Fsp3) is 0.136. The summed E-state index contributed by atoms with van der Waals surface area (Å²) in [7, 11) is 0. The van der Waals surface area contributed by atoms with Gasteiger partial charge in [0.25, 0.3) is 0 Å². The van der Waals surface area contributed by atoms with Crippen molar-refractivity contribution in [3.8, 4) is 0 Å². The Hall–Kier alpha value is -2.15. The average Bonchev–Trinajstić information content (AvgIpc) is 2.64. The second kappa shape index (κ2) is 8.10. The first-order chi connectivity index (χ1) is 11.8. The molecular formula is C22H21NSe. The second-order valence-electron chi connectivity index (χ2n) is 5.84. The predicted octanol–water partition coefficient (Wildman–Crippen LogP) is 4.20. The van der Waals surface area contributed by atoms with E-state index in [0.717, 1.165) is 6.54 Å². The molecule has 0 saturated carbocycles. The summed E-state index contributed by atoms with van der Waals surface area (Å²) < 4.78 is 1.34. The molecule has 0 aliphatic carbocycles. The van der Waals surface area contributed by atoms with Crippen molar-refractivity contribution in [1.29, 1.82) is 0 Å². The van der Waals surface area contributed by atoms with Gasteiger partial charge in [0.05, 0.1) is 0 Å². The Morgan fingerprint density at radius 1 is 0.792 bits per heavy atom. The molecule has 3 aromatic rings. The molecule has 0 N–H and O–H groups in total. The molecule has 3 aromatic carbocycles. The van der Waals surface area contributed by atoms with Crippen molar-refractivity contribution in [2.75, 3.05) is 0 Å². The molecule has 0 aliphatic heterocycles. The average molecular weight is 378 g/mol. The molecule has 0 radical (unpaired) electrons. The van der Waals surface area contributed by atoms with Crippen LogP contribution in [0.5, 0.6) is 0 Å². The summed E-state index contributed by atoms with van der Waals surface area (Å²) in [5, 5.41) is 0. The maximum absolute atomic E-state index is 4.78. The standard InChI is InChI=1S/C22H21NSe/c1-22(20-13-7-3-8-14-20,24-21-15-9-4-10-16-21)18-23-17-19-11-5-2-6-12-19/h2-16,18H,17H2,1H3. The fourth-order valence-electron chi connectivity index (χ4n) is 2.57. The molecule has 0 saturated heterocycles. The number of nitrogens with zero attached hydrogens (tertiary/aromatic N) is 1. The van der Waals surface area contributed by atoms with Crippen molar-refractivity contribution in [1.82, 2.24) is 0 Å². The van der Waals surface area contributed by atoms with Crippen LogP contribution in [-0.2, 0) is 10.9 Å². The van der Waals surface area contributed by atoms with Gasteiger partial charge in [-0.3, -0.25) is 0 Å². The zero-order valence-corrected chi connectivity index (χ0v) is 15.5. The van der Waals surface area contributed by atoms with Crippen LogP contribution in [0.25, 0.3) is 0 Å². The maximum atomic E-state index is 4.78. The van der Waals surface area contributed by atoms with Gasteiger partial charge in [0.2, 0.25) is 0 Å². The molecule has 2 heteroatoms. The van der Waals surface area contributed by atoms with Crippen LogP contribution in [0.3, 0.4) is 0 Å². The van der Waals surface area contributed by atoms with Gasteiger partial charge in [0.1, 0.15) is 0 Å². The van der Waals surface area contributed by atoms with E-state index in [-0.39, 0.29) is 19.3 Å². The van der Waals surface area contributed by atoms with Crippen molar-refractivity contribution < 1.29 is 0 Å². The van der Waals surface area contributed by atoms with Crippen LogP contribution in [0.1, 0.15) is 18.1 Å². The predicted molar refractivity (Wildman–Crippen MR) is 104 cm³/mol. The summed E-state index contributed by atoms with van der Waals surface area (Å²) in [4.78, 5) is 4.78. The van der Waals surface area contributed by atoms with Gasteiger partial charge < -0.3 is 0 Å². The summed E-state index contributed by atoms with van der Waals surface area (Å²) in [6.45, 7) is 3.03. The molecule has 0 bridgehead atoms. The van der Waals surface area contributed by atoms with E-state index < -0.39 is 0 Å². The van der Waals surface area contributed by atoms with Crippen molar-refractivity contribution in [3.63, 3.8) is 0 Å². The van der Waals surface area contributed by atoms with E-state index in [2.05, 4.69) is 98.1 Å². The molecule has 0 fully saturated rings. The quantitative estimate of drug-likeness (QED) is 0.450. The summed E-state index contributed by atoms with van der Waals surface area (Å²) in [6.07, 6.45) is 2.16. The van der Waals surface area contributed by atoms with Crippen LogP contribution in [0.4, 0.5) is 0 Å². The zero-order chi connectivity index (χ0) is 16.7. The van der Waals surface area contributed by atoms with E-state index in [4.69, 9.17) is 4.99 Å². The van der Waals surface area contributed by atoms with E-state index in [9.17, 15) is 0 Å². The minimum atomic E-state index is -0.0512. The Morgan fingerprint density at radius 3 is 1.96 bits per heavy atom. The molecule has 0 amide bonds. The first kappa shape index (κ1) is 16.7. The Bertz CT molecular complexity index is 769. The molecule has 3 rings (SSSR count). The topological polar surface area (TPSA) is 12.4 Å². The summed E-state index contributed by atoms with van der Waals surface area (Å²) >= 11 is 0.274. The Morgan fingerprint density at radius 2 is 1.33 bits per heavy atom. The van der Waals surface area contributed by atoms with E-state index >= 15 is 0 Å². The first-order valence-corrected chi connectivity index (χ1v) is 9.82. The number of hydrogen-bond acceptors (Lipinski definition) is 1. The monoisotopic (exact) mass is 379 g/mol. The molecule has 0 aromatic heterocycles. The summed E-state index contributed by atoms with van der Waals surface area (Å²) in [5.74, 6) is 0. The minimum absolute atomic E-state index is 0.0512.